The number of carbonyl (C=O) groups is 1. The highest BCUT2D eigenvalue weighted by atomic mass is 16.5. The van der Waals surface area contributed by atoms with Crippen molar-refractivity contribution in [1.82, 2.24) is 4.98 Å². The summed E-state index contributed by atoms with van der Waals surface area (Å²) in [5, 5.41) is 9.11. The molecule has 16 heavy (non-hydrogen) atoms. The second-order valence-corrected chi connectivity index (χ2v) is 3.89. The molecule has 0 bridgehead atoms. The van der Waals surface area contributed by atoms with E-state index in [0.29, 0.717) is 13.0 Å². The van der Waals surface area contributed by atoms with Crippen molar-refractivity contribution in [2.24, 2.45) is 0 Å². The van der Waals surface area contributed by atoms with Crippen LogP contribution in [0.15, 0.2) is 24.5 Å². The number of ether oxygens (including phenoxy) is 1. The minimum Gasteiger partial charge on any atom is -0.481 e. The van der Waals surface area contributed by atoms with Gasteiger partial charge in [0, 0.05) is 19.0 Å². The van der Waals surface area contributed by atoms with Gasteiger partial charge in [0.25, 0.3) is 0 Å². The maximum Gasteiger partial charge on any atom is 0.311 e. The number of hydrogen-bond donors (Lipinski definition) is 1. The molecule has 1 atom stereocenters. The van der Waals surface area contributed by atoms with Gasteiger partial charge in [0.1, 0.15) is 0 Å². The first-order valence-electron chi connectivity index (χ1n) is 5.35. The van der Waals surface area contributed by atoms with Crippen molar-refractivity contribution in [1.29, 1.82) is 0 Å². The molecule has 0 radical (unpaired) electrons. The minimum absolute atomic E-state index is 0.128. The Labute approximate surface area is 95.3 Å². The minimum atomic E-state index is -0.833. The molecule has 0 fully saturated rings. The van der Waals surface area contributed by atoms with Crippen LogP contribution in [0, 0.1) is 0 Å². The lowest BCUT2D eigenvalue weighted by molar-refractivity contribution is -0.139. The van der Waals surface area contributed by atoms with Crippen molar-refractivity contribution in [3.8, 4) is 0 Å². The van der Waals surface area contributed by atoms with Crippen LogP contribution in [0.1, 0.15) is 31.7 Å². The first-order valence-corrected chi connectivity index (χ1v) is 5.35. The van der Waals surface area contributed by atoms with Crippen molar-refractivity contribution in [2.45, 2.75) is 32.3 Å². The molecule has 0 aliphatic heterocycles. The molecule has 88 valence electrons. The van der Waals surface area contributed by atoms with Crippen LogP contribution >= 0.6 is 0 Å². The molecule has 1 aromatic rings. The van der Waals surface area contributed by atoms with E-state index in [1.54, 1.807) is 24.5 Å². The molecule has 1 heterocycles. The third-order valence-corrected chi connectivity index (χ3v) is 2.24. The molecule has 0 spiro atoms. The molecule has 0 saturated heterocycles. The average molecular weight is 223 g/mol. The van der Waals surface area contributed by atoms with Crippen LogP contribution in [0.3, 0.4) is 0 Å². The summed E-state index contributed by atoms with van der Waals surface area (Å²) in [7, 11) is 0. The van der Waals surface area contributed by atoms with Crippen molar-refractivity contribution < 1.29 is 14.6 Å². The lowest BCUT2D eigenvalue weighted by atomic mass is 9.98. The molecule has 0 amide bonds. The van der Waals surface area contributed by atoms with Crippen LogP contribution in [0.4, 0.5) is 0 Å². The highest BCUT2D eigenvalue weighted by molar-refractivity contribution is 5.75. The number of hydrogen-bond acceptors (Lipinski definition) is 3. The molecular formula is C12H17NO3. The zero-order valence-electron chi connectivity index (χ0n) is 9.59. The Morgan fingerprint density at radius 2 is 2.31 bits per heavy atom. The fourth-order valence-electron chi connectivity index (χ4n) is 1.44. The number of carboxylic acids is 1. The number of carboxylic acid groups (broad SMARTS) is 1. The molecule has 4 heteroatoms. The van der Waals surface area contributed by atoms with Crippen molar-refractivity contribution >= 4 is 5.97 Å². The van der Waals surface area contributed by atoms with E-state index in [2.05, 4.69) is 4.98 Å². The molecule has 1 N–H and O–H groups in total. The van der Waals surface area contributed by atoms with Gasteiger partial charge in [-0.05, 0) is 31.9 Å². The predicted octanol–water partition coefficient (Wildman–Crippen LogP) is 2.06. The summed E-state index contributed by atoms with van der Waals surface area (Å²) >= 11 is 0. The largest absolute Gasteiger partial charge is 0.481 e. The smallest absolute Gasteiger partial charge is 0.311 e. The van der Waals surface area contributed by atoms with Crippen LogP contribution in [0.25, 0.3) is 0 Å². The third kappa shape index (κ3) is 3.98. The Kier molecular flexibility index (Phi) is 4.92. The summed E-state index contributed by atoms with van der Waals surface area (Å²) in [6.07, 6.45) is 3.82. The molecular weight excluding hydrogens is 206 g/mol. The Morgan fingerprint density at radius 1 is 1.56 bits per heavy atom. The van der Waals surface area contributed by atoms with Gasteiger partial charge in [-0.15, -0.1) is 0 Å². The summed E-state index contributed by atoms with van der Waals surface area (Å²) < 4.78 is 5.36. The predicted molar refractivity (Wildman–Crippen MR) is 60.3 cm³/mol. The Morgan fingerprint density at radius 3 is 2.81 bits per heavy atom. The fourth-order valence-corrected chi connectivity index (χ4v) is 1.44. The highest BCUT2D eigenvalue weighted by Crippen LogP contribution is 2.19. The van der Waals surface area contributed by atoms with Gasteiger partial charge >= 0.3 is 5.97 Å². The monoisotopic (exact) mass is 223 g/mol. The van der Waals surface area contributed by atoms with Crippen molar-refractivity contribution in [3.05, 3.63) is 30.1 Å². The number of aliphatic carboxylic acids is 1. The van der Waals surface area contributed by atoms with E-state index in [1.807, 2.05) is 13.8 Å². The number of nitrogens with zero attached hydrogens (tertiary/aromatic N) is 1. The van der Waals surface area contributed by atoms with Gasteiger partial charge in [-0.1, -0.05) is 6.07 Å². The van der Waals surface area contributed by atoms with Gasteiger partial charge in [-0.2, -0.15) is 0 Å². The van der Waals surface area contributed by atoms with Gasteiger partial charge in [0.05, 0.1) is 12.0 Å². The van der Waals surface area contributed by atoms with Crippen LogP contribution < -0.4 is 0 Å². The summed E-state index contributed by atoms with van der Waals surface area (Å²) in [5.41, 5.74) is 0.724. The molecule has 1 aromatic heterocycles. The van der Waals surface area contributed by atoms with E-state index in [0.717, 1.165) is 5.56 Å². The number of aromatic nitrogens is 1. The Balaban J connectivity index is 2.59. The van der Waals surface area contributed by atoms with Gasteiger partial charge in [-0.25, -0.2) is 0 Å². The zero-order chi connectivity index (χ0) is 12.0. The van der Waals surface area contributed by atoms with E-state index in [-0.39, 0.29) is 6.10 Å². The lowest BCUT2D eigenvalue weighted by Gasteiger charge is -2.13. The van der Waals surface area contributed by atoms with Crippen LogP contribution in [-0.2, 0) is 9.53 Å². The van der Waals surface area contributed by atoms with Crippen LogP contribution in [0.2, 0.25) is 0 Å². The van der Waals surface area contributed by atoms with E-state index < -0.39 is 11.9 Å². The normalized spacial score (nSPS) is 12.7. The standard InChI is InChI=1S/C12H17NO3/c1-9(2)16-7-5-11(12(14)15)10-4-3-6-13-8-10/h3-4,6,8-9,11H,5,7H2,1-2H3,(H,14,15). The highest BCUT2D eigenvalue weighted by Gasteiger charge is 2.19. The first kappa shape index (κ1) is 12.6. The molecule has 1 unspecified atom stereocenters. The maximum atomic E-state index is 11.1. The second-order valence-electron chi connectivity index (χ2n) is 3.89. The molecule has 0 aliphatic rings. The molecule has 4 nitrogen and oxygen atoms in total. The lowest BCUT2D eigenvalue weighted by Crippen LogP contribution is -2.15. The quantitative estimate of drug-likeness (QED) is 0.802. The third-order valence-electron chi connectivity index (χ3n) is 2.24. The van der Waals surface area contributed by atoms with Gasteiger partial charge in [-0.3, -0.25) is 9.78 Å². The molecule has 0 aromatic carbocycles. The van der Waals surface area contributed by atoms with Gasteiger partial charge in [0.15, 0.2) is 0 Å². The van der Waals surface area contributed by atoms with Crippen LogP contribution in [-0.4, -0.2) is 28.8 Å². The average Bonchev–Trinajstić information content (AvgIpc) is 2.25. The molecule has 0 saturated carbocycles. The van der Waals surface area contributed by atoms with Gasteiger partial charge in [0.2, 0.25) is 0 Å². The van der Waals surface area contributed by atoms with Crippen molar-refractivity contribution in [3.63, 3.8) is 0 Å². The van der Waals surface area contributed by atoms with E-state index in [9.17, 15) is 4.79 Å². The summed E-state index contributed by atoms with van der Waals surface area (Å²) in [4.78, 5) is 15.0. The number of pyridine rings is 1. The summed E-state index contributed by atoms with van der Waals surface area (Å²) in [5.74, 6) is -1.37. The summed E-state index contributed by atoms with van der Waals surface area (Å²) in [6, 6.07) is 3.52. The van der Waals surface area contributed by atoms with E-state index in [1.165, 1.54) is 0 Å². The van der Waals surface area contributed by atoms with Crippen molar-refractivity contribution in [2.75, 3.05) is 6.61 Å². The van der Waals surface area contributed by atoms with E-state index >= 15 is 0 Å². The fraction of sp³-hybridized carbons (Fsp3) is 0.500. The number of rotatable bonds is 6. The first-order chi connectivity index (χ1) is 7.61. The molecule has 0 aliphatic carbocycles. The Hall–Kier alpha value is -1.42. The van der Waals surface area contributed by atoms with E-state index in [4.69, 9.17) is 9.84 Å². The Bertz CT molecular complexity index is 324. The summed E-state index contributed by atoms with van der Waals surface area (Å²) in [6.45, 7) is 4.31. The maximum absolute atomic E-state index is 11.1. The second kappa shape index (κ2) is 6.23. The molecule has 1 rings (SSSR count). The SMILES string of the molecule is CC(C)OCCC(C(=O)O)c1cccnc1. The van der Waals surface area contributed by atoms with Crippen LogP contribution in [0.5, 0.6) is 0 Å². The topological polar surface area (TPSA) is 59.4 Å². The zero-order valence-corrected chi connectivity index (χ0v) is 9.59. The van der Waals surface area contributed by atoms with Gasteiger partial charge < -0.3 is 9.84 Å².